The van der Waals surface area contributed by atoms with Crippen molar-refractivity contribution in [1.29, 1.82) is 0 Å². The topological polar surface area (TPSA) is 55.8 Å². The van der Waals surface area contributed by atoms with Crippen LogP contribution in [0.2, 0.25) is 0 Å². The lowest BCUT2D eigenvalue weighted by molar-refractivity contribution is -0.128. The van der Waals surface area contributed by atoms with Crippen molar-refractivity contribution in [2.75, 3.05) is 44.6 Å². The lowest BCUT2D eigenvalue weighted by Crippen LogP contribution is -2.48. The largest absolute Gasteiger partial charge is 0.392 e. The number of aliphatic hydroxyl groups is 1. The number of amides is 1. The van der Waals surface area contributed by atoms with Gasteiger partial charge in [0.25, 0.3) is 0 Å². The zero-order chi connectivity index (χ0) is 23.5. The fourth-order valence-electron chi connectivity index (χ4n) is 5.94. The van der Waals surface area contributed by atoms with E-state index in [1.807, 2.05) is 23.1 Å². The highest BCUT2D eigenvalue weighted by Gasteiger charge is 2.41. The van der Waals surface area contributed by atoms with Crippen LogP contribution in [0.15, 0.2) is 54.6 Å². The Hall–Kier alpha value is -2.63. The normalized spacial score (nSPS) is 21.5. The summed E-state index contributed by atoms with van der Waals surface area (Å²) in [7, 11) is 0. The molecule has 1 atom stereocenters. The van der Waals surface area contributed by atoms with Gasteiger partial charge in [0.2, 0.25) is 5.91 Å². The maximum absolute atomic E-state index is 12.6. The second-order valence-electron chi connectivity index (χ2n) is 10.5. The van der Waals surface area contributed by atoms with E-state index < -0.39 is 0 Å². The van der Waals surface area contributed by atoms with E-state index in [2.05, 4.69) is 53.5 Å². The Morgan fingerprint density at radius 3 is 2.53 bits per heavy atom. The predicted octanol–water partition coefficient (Wildman–Crippen LogP) is 4.07. The standard InChI is InChI=1S/C29H37N3O2/c1-22-6-8-23(9-7-22)10-11-28(34)32-16-12-24(13-17-32)27(33)20-31-18-14-29(15-19-31)21-30-26-5-3-2-4-25(26)29/h2-11,24,27,30,33H,12-21H2,1H3/b11-10+. The molecule has 1 amide bonds. The highest BCUT2D eigenvalue weighted by atomic mass is 16.3. The van der Waals surface area contributed by atoms with Gasteiger partial charge in [0, 0.05) is 43.4 Å². The van der Waals surface area contributed by atoms with Gasteiger partial charge in [-0.3, -0.25) is 4.79 Å². The Balaban J connectivity index is 1.07. The van der Waals surface area contributed by atoms with E-state index in [-0.39, 0.29) is 23.3 Å². The number of likely N-dealkylation sites (tertiary alicyclic amines) is 2. The van der Waals surface area contributed by atoms with Gasteiger partial charge in [-0.05, 0) is 74.9 Å². The molecule has 3 heterocycles. The van der Waals surface area contributed by atoms with Crippen molar-refractivity contribution in [1.82, 2.24) is 9.80 Å². The number of benzene rings is 2. The van der Waals surface area contributed by atoms with E-state index >= 15 is 0 Å². The van der Waals surface area contributed by atoms with Gasteiger partial charge in [0.15, 0.2) is 0 Å². The van der Waals surface area contributed by atoms with Crippen molar-refractivity contribution in [3.63, 3.8) is 0 Å². The number of hydrogen-bond donors (Lipinski definition) is 2. The first kappa shape index (κ1) is 23.1. The average molecular weight is 460 g/mol. The Kier molecular flexibility index (Phi) is 6.75. The van der Waals surface area contributed by atoms with Crippen LogP contribution in [-0.4, -0.2) is 66.2 Å². The number of nitrogens with zero attached hydrogens (tertiary/aromatic N) is 2. The van der Waals surface area contributed by atoms with E-state index in [4.69, 9.17) is 0 Å². The van der Waals surface area contributed by atoms with Crippen LogP contribution >= 0.6 is 0 Å². The van der Waals surface area contributed by atoms with E-state index in [9.17, 15) is 9.90 Å². The molecule has 3 aliphatic rings. The fraction of sp³-hybridized carbons (Fsp3) is 0.483. The number of piperidine rings is 2. The predicted molar refractivity (Wildman–Crippen MR) is 138 cm³/mol. The lowest BCUT2D eigenvalue weighted by atomic mass is 9.74. The van der Waals surface area contributed by atoms with Crippen molar-refractivity contribution >= 4 is 17.7 Å². The molecule has 2 aromatic rings. The third-order valence-corrected chi connectivity index (χ3v) is 8.27. The molecule has 180 valence electrons. The number of fused-ring (bicyclic) bond motifs is 2. The molecule has 0 radical (unpaired) electrons. The Bertz CT molecular complexity index is 1020. The summed E-state index contributed by atoms with van der Waals surface area (Å²) in [6.45, 7) is 7.37. The van der Waals surface area contributed by atoms with Crippen LogP contribution in [0.25, 0.3) is 6.08 Å². The number of aryl methyl sites for hydroxylation is 1. The van der Waals surface area contributed by atoms with Crippen LogP contribution in [0.1, 0.15) is 42.4 Å². The second-order valence-corrected chi connectivity index (χ2v) is 10.5. The van der Waals surface area contributed by atoms with Gasteiger partial charge in [0.1, 0.15) is 0 Å². The average Bonchev–Trinajstić information content (AvgIpc) is 3.23. The molecule has 2 N–H and O–H groups in total. The van der Waals surface area contributed by atoms with E-state index in [0.717, 1.165) is 70.5 Å². The molecule has 3 aliphatic heterocycles. The maximum Gasteiger partial charge on any atom is 0.246 e. The van der Waals surface area contributed by atoms with Crippen molar-refractivity contribution in [3.8, 4) is 0 Å². The third-order valence-electron chi connectivity index (χ3n) is 8.27. The van der Waals surface area contributed by atoms with Gasteiger partial charge in [0.05, 0.1) is 6.10 Å². The molecule has 5 rings (SSSR count). The Labute approximate surface area is 203 Å². The summed E-state index contributed by atoms with van der Waals surface area (Å²) in [6, 6.07) is 16.9. The molecule has 34 heavy (non-hydrogen) atoms. The molecule has 0 saturated carbocycles. The smallest absolute Gasteiger partial charge is 0.246 e. The Morgan fingerprint density at radius 2 is 1.79 bits per heavy atom. The number of carbonyl (C=O) groups is 1. The number of nitrogens with one attached hydrogen (secondary N) is 1. The highest BCUT2D eigenvalue weighted by molar-refractivity contribution is 5.91. The maximum atomic E-state index is 12.6. The number of anilines is 1. The lowest BCUT2D eigenvalue weighted by Gasteiger charge is -2.41. The number of β-amino-alcohol motifs (C(OH)–C–C–N with tert-alkyl or cyclic N) is 1. The van der Waals surface area contributed by atoms with Gasteiger partial charge in [-0.25, -0.2) is 0 Å². The molecule has 1 unspecified atom stereocenters. The minimum atomic E-state index is -0.316. The van der Waals surface area contributed by atoms with Crippen molar-refractivity contribution < 1.29 is 9.90 Å². The quantitative estimate of drug-likeness (QED) is 0.662. The van der Waals surface area contributed by atoms with Gasteiger partial charge in [-0.2, -0.15) is 0 Å². The van der Waals surface area contributed by atoms with E-state index in [0.29, 0.717) is 0 Å². The highest BCUT2D eigenvalue weighted by Crippen LogP contribution is 2.43. The van der Waals surface area contributed by atoms with E-state index in [1.165, 1.54) is 16.8 Å². The summed E-state index contributed by atoms with van der Waals surface area (Å²) >= 11 is 0. The summed E-state index contributed by atoms with van der Waals surface area (Å²) in [5.74, 6) is 0.343. The summed E-state index contributed by atoms with van der Waals surface area (Å²) in [5, 5.41) is 14.6. The third kappa shape index (κ3) is 4.91. The van der Waals surface area contributed by atoms with Gasteiger partial charge >= 0.3 is 0 Å². The first-order chi connectivity index (χ1) is 16.5. The van der Waals surface area contributed by atoms with Crippen molar-refractivity contribution in [2.45, 2.75) is 44.1 Å². The van der Waals surface area contributed by atoms with Crippen LogP contribution in [0.4, 0.5) is 5.69 Å². The molecule has 0 aromatic heterocycles. The van der Waals surface area contributed by atoms with Gasteiger partial charge < -0.3 is 20.2 Å². The monoisotopic (exact) mass is 459 g/mol. The molecule has 2 saturated heterocycles. The van der Waals surface area contributed by atoms with Gasteiger partial charge in [-0.1, -0.05) is 48.0 Å². The van der Waals surface area contributed by atoms with Crippen LogP contribution < -0.4 is 5.32 Å². The summed E-state index contributed by atoms with van der Waals surface area (Å²) in [4.78, 5) is 17.0. The molecule has 5 nitrogen and oxygen atoms in total. The zero-order valence-electron chi connectivity index (χ0n) is 20.2. The summed E-state index contributed by atoms with van der Waals surface area (Å²) < 4.78 is 0. The molecule has 0 bridgehead atoms. The molecule has 5 heteroatoms. The number of carbonyl (C=O) groups excluding carboxylic acids is 1. The summed E-state index contributed by atoms with van der Waals surface area (Å²) in [6.07, 6.45) is 7.29. The molecular weight excluding hydrogens is 422 g/mol. The molecular formula is C29H37N3O2. The van der Waals surface area contributed by atoms with Crippen LogP contribution in [0, 0.1) is 12.8 Å². The van der Waals surface area contributed by atoms with Crippen molar-refractivity contribution in [2.24, 2.45) is 5.92 Å². The van der Waals surface area contributed by atoms with Crippen LogP contribution in [-0.2, 0) is 10.2 Å². The minimum Gasteiger partial charge on any atom is -0.392 e. The van der Waals surface area contributed by atoms with Gasteiger partial charge in [-0.15, -0.1) is 0 Å². The fourth-order valence-corrected chi connectivity index (χ4v) is 5.94. The number of rotatable bonds is 5. The molecule has 0 aliphatic carbocycles. The molecule has 1 spiro atoms. The Morgan fingerprint density at radius 1 is 1.09 bits per heavy atom. The first-order valence-corrected chi connectivity index (χ1v) is 12.8. The van der Waals surface area contributed by atoms with Crippen LogP contribution in [0.3, 0.4) is 0 Å². The molecule has 2 fully saturated rings. The van der Waals surface area contributed by atoms with E-state index in [1.54, 1.807) is 6.08 Å². The zero-order valence-corrected chi connectivity index (χ0v) is 20.2. The first-order valence-electron chi connectivity index (χ1n) is 12.8. The number of aliphatic hydroxyl groups excluding tert-OH is 1. The minimum absolute atomic E-state index is 0.0697. The number of para-hydroxylation sites is 1. The van der Waals surface area contributed by atoms with Crippen molar-refractivity contribution in [3.05, 3.63) is 71.3 Å². The number of hydrogen-bond acceptors (Lipinski definition) is 4. The SMILES string of the molecule is Cc1ccc(/C=C/C(=O)N2CCC(C(O)CN3CCC4(CC3)CNc3ccccc34)CC2)cc1. The van der Waals surface area contributed by atoms with Crippen LogP contribution in [0.5, 0.6) is 0 Å². The summed E-state index contributed by atoms with van der Waals surface area (Å²) in [5.41, 5.74) is 5.30. The second kappa shape index (κ2) is 9.93. The molecule has 2 aromatic carbocycles.